The zero-order valence-corrected chi connectivity index (χ0v) is 12.7. The summed E-state index contributed by atoms with van der Waals surface area (Å²) in [5.74, 6) is -0.978. The summed E-state index contributed by atoms with van der Waals surface area (Å²) in [6.07, 6.45) is 0.00524. The molecule has 1 aromatic carbocycles. The molecule has 0 heterocycles. The lowest BCUT2D eigenvalue weighted by Crippen LogP contribution is -2.46. The number of carboxylic acids is 1. The molecule has 1 unspecified atom stereocenters. The van der Waals surface area contributed by atoms with Gasteiger partial charge in [-0.2, -0.15) is 0 Å². The first kappa shape index (κ1) is 17.0. The fourth-order valence-corrected chi connectivity index (χ4v) is 2.26. The first-order valence-corrected chi connectivity index (χ1v) is 6.89. The van der Waals surface area contributed by atoms with Gasteiger partial charge in [-0.25, -0.2) is 0 Å². The van der Waals surface area contributed by atoms with E-state index in [1.807, 2.05) is 13.8 Å². The van der Waals surface area contributed by atoms with Gasteiger partial charge in [-0.15, -0.1) is 0 Å². The van der Waals surface area contributed by atoms with Crippen LogP contribution < -0.4 is 11.1 Å². The molecular weight excluding hydrogens is 270 g/mol. The van der Waals surface area contributed by atoms with E-state index in [-0.39, 0.29) is 18.2 Å². The molecule has 1 amide bonds. The number of benzene rings is 1. The van der Waals surface area contributed by atoms with Crippen molar-refractivity contribution in [2.24, 2.45) is 5.92 Å². The van der Waals surface area contributed by atoms with Gasteiger partial charge in [0.1, 0.15) is 0 Å². The SMILES string of the molecule is CC(C)C(C(=O)Nc1cccc(N)c1)N(C)CCC(=O)O. The van der Waals surface area contributed by atoms with Crippen LogP contribution >= 0.6 is 0 Å². The third-order valence-electron chi connectivity index (χ3n) is 3.21. The normalized spacial score (nSPS) is 12.4. The molecule has 6 heteroatoms. The molecule has 1 aromatic rings. The number of nitrogens with one attached hydrogen (secondary N) is 1. The zero-order valence-electron chi connectivity index (χ0n) is 12.7. The number of nitrogens with zero attached hydrogens (tertiary/aromatic N) is 1. The summed E-state index contributed by atoms with van der Waals surface area (Å²) in [5, 5.41) is 11.6. The fourth-order valence-electron chi connectivity index (χ4n) is 2.26. The molecule has 4 N–H and O–H groups in total. The van der Waals surface area contributed by atoms with Crippen LogP contribution in [0.4, 0.5) is 11.4 Å². The molecule has 0 aliphatic heterocycles. The number of hydrogen-bond acceptors (Lipinski definition) is 4. The lowest BCUT2D eigenvalue weighted by atomic mass is 10.0. The van der Waals surface area contributed by atoms with Gasteiger partial charge in [-0.05, 0) is 31.2 Å². The lowest BCUT2D eigenvalue weighted by Gasteiger charge is -2.29. The molecule has 6 nitrogen and oxygen atoms in total. The number of carbonyl (C=O) groups excluding carboxylic acids is 1. The molecule has 0 fully saturated rings. The molecule has 0 saturated heterocycles. The van der Waals surface area contributed by atoms with Gasteiger partial charge in [-0.3, -0.25) is 14.5 Å². The Morgan fingerprint density at radius 1 is 1.38 bits per heavy atom. The molecule has 0 aliphatic rings. The van der Waals surface area contributed by atoms with Crippen LogP contribution in [-0.2, 0) is 9.59 Å². The number of nitrogen functional groups attached to an aromatic ring is 1. The summed E-state index contributed by atoms with van der Waals surface area (Å²) in [6.45, 7) is 4.18. The van der Waals surface area contributed by atoms with Gasteiger partial charge in [0.15, 0.2) is 0 Å². The topological polar surface area (TPSA) is 95.7 Å². The van der Waals surface area contributed by atoms with Crippen LogP contribution in [-0.4, -0.2) is 41.5 Å². The second kappa shape index (κ2) is 7.64. The molecule has 0 aliphatic carbocycles. The largest absolute Gasteiger partial charge is 0.481 e. The minimum absolute atomic E-state index is 0.00524. The number of hydrogen-bond donors (Lipinski definition) is 3. The summed E-state index contributed by atoms with van der Waals surface area (Å²) in [6, 6.07) is 6.57. The van der Waals surface area contributed by atoms with Crippen molar-refractivity contribution in [3.63, 3.8) is 0 Å². The smallest absolute Gasteiger partial charge is 0.304 e. The van der Waals surface area contributed by atoms with Crippen molar-refractivity contribution < 1.29 is 14.7 Å². The second-order valence-electron chi connectivity index (χ2n) is 5.43. The van der Waals surface area contributed by atoms with E-state index in [4.69, 9.17) is 10.8 Å². The van der Waals surface area contributed by atoms with Crippen molar-refractivity contribution in [3.05, 3.63) is 24.3 Å². The summed E-state index contributed by atoms with van der Waals surface area (Å²) in [5.41, 5.74) is 6.90. The van der Waals surface area contributed by atoms with Crippen molar-refractivity contribution in [2.45, 2.75) is 26.3 Å². The molecule has 21 heavy (non-hydrogen) atoms. The Morgan fingerprint density at radius 3 is 2.57 bits per heavy atom. The van der Waals surface area contributed by atoms with E-state index in [0.717, 1.165) is 0 Å². The first-order chi connectivity index (χ1) is 9.81. The Balaban J connectivity index is 2.75. The third kappa shape index (κ3) is 5.43. The average molecular weight is 293 g/mol. The lowest BCUT2D eigenvalue weighted by molar-refractivity contribution is -0.138. The van der Waals surface area contributed by atoms with Crippen molar-refractivity contribution in [1.29, 1.82) is 0 Å². The number of aliphatic carboxylic acids is 1. The minimum Gasteiger partial charge on any atom is -0.481 e. The van der Waals surface area contributed by atoms with Crippen molar-refractivity contribution in [1.82, 2.24) is 4.90 Å². The predicted molar refractivity (Wildman–Crippen MR) is 83.0 cm³/mol. The Bertz CT molecular complexity index is 503. The monoisotopic (exact) mass is 293 g/mol. The minimum atomic E-state index is -0.874. The van der Waals surface area contributed by atoms with Crippen LogP contribution in [0.3, 0.4) is 0 Å². The number of likely N-dealkylation sites (N-methyl/N-ethyl adjacent to an activating group) is 1. The third-order valence-corrected chi connectivity index (χ3v) is 3.21. The van der Waals surface area contributed by atoms with Gasteiger partial charge in [0, 0.05) is 17.9 Å². The first-order valence-electron chi connectivity index (χ1n) is 6.89. The van der Waals surface area contributed by atoms with Gasteiger partial charge >= 0.3 is 5.97 Å². The molecule has 0 bridgehead atoms. The van der Waals surface area contributed by atoms with E-state index < -0.39 is 12.0 Å². The van der Waals surface area contributed by atoms with E-state index in [0.29, 0.717) is 17.9 Å². The van der Waals surface area contributed by atoms with Crippen molar-refractivity contribution >= 4 is 23.3 Å². The number of carbonyl (C=O) groups is 2. The summed E-state index contributed by atoms with van der Waals surface area (Å²) < 4.78 is 0. The highest BCUT2D eigenvalue weighted by Gasteiger charge is 2.26. The molecule has 0 aromatic heterocycles. The molecule has 0 radical (unpaired) electrons. The molecule has 0 spiro atoms. The van der Waals surface area contributed by atoms with Crippen molar-refractivity contribution in [2.75, 3.05) is 24.6 Å². The maximum absolute atomic E-state index is 12.4. The zero-order chi connectivity index (χ0) is 16.0. The highest BCUT2D eigenvalue weighted by atomic mass is 16.4. The van der Waals surface area contributed by atoms with Crippen LogP contribution in [0.1, 0.15) is 20.3 Å². The highest BCUT2D eigenvalue weighted by molar-refractivity contribution is 5.95. The number of amides is 1. The van der Waals surface area contributed by atoms with Gasteiger partial charge in [0.05, 0.1) is 12.5 Å². The molecule has 0 saturated carbocycles. The Labute approximate surface area is 124 Å². The van der Waals surface area contributed by atoms with Crippen molar-refractivity contribution in [3.8, 4) is 0 Å². The number of rotatable bonds is 7. The molecular formula is C15H23N3O3. The Morgan fingerprint density at radius 2 is 2.05 bits per heavy atom. The van der Waals surface area contributed by atoms with Crippen LogP contribution in [0.2, 0.25) is 0 Å². The van der Waals surface area contributed by atoms with E-state index in [1.54, 1.807) is 36.2 Å². The summed E-state index contributed by atoms with van der Waals surface area (Å²) >= 11 is 0. The molecule has 1 atom stereocenters. The Hall–Kier alpha value is -2.08. The predicted octanol–water partition coefficient (Wildman–Crippen LogP) is 1.64. The van der Waals surface area contributed by atoms with Crippen LogP contribution in [0, 0.1) is 5.92 Å². The van der Waals surface area contributed by atoms with Gasteiger partial charge in [0.2, 0.25) is 5.91 Å². The fraction of sp³-hybridized carbons (Fsp3) is 0.467. The van der Waals surface area contributed by atoms with Crippen LogP contribution in [0.5, 0.6) is 0 Å². The van der Waals surface area contributed by atoms with E-state index in [1.165, 1.54) is 0 Å². The number of anilines is 2. The van der Waals surface area contributed by atoms with E-state index in [9.17, 15) is 9.59 Å². The quantitative estimate of drug-likeness (QED) is 0.664. The van der Waals surface area contributed by atoms with Crippen LogP contribution in [0.25, 0.3) is 0 Å². The Kier molecular flexibility index (Phi) is 6.17. The molecule has 116 valence electrons. The van der Waals surface area contributed by atoms with Gasteiger partial charge < -0.3 is 16.2 Å². The standard InChI is InChI=1S/C15H23N3O3/c1-10(2)14(18(3)8-7-13(19)20)15(21)17-12-6-4-5-11(16)9-12/h4-6,9-10,14H,7-8,16H2,1-3H3,(H,17,21)(H,19,20). The van der Waals surface area contributed by atoms with Crippen LogP contribution in [0.15, 0.2) is 24.3 Å². The summed E-state index contributed by atoms with van der Waals surface area (Å²) in [7, 11) is 1.76. The van der Waals surface area contributed by atoms with Gasteiger partial charge in [-0.1, -0.05) is 19.9 Å². The van der Waals surface area contributed by atoms with E-state index in [2.05, 4.69) is 5.32 Å². The second-order valence-corrected chi connectivity index (χ2v) is 5.43. The summed E-state index contributed by atoms with van der Waals surface area (Å²) in [4.78, 5) is 24.8. The maximum Gasteiger partial charge on any atom is 0.304 e. The molecule has 1 rings (SSSR count). The van der Waals surface area contributed by atoms with Gasteiger partial charge in [0.25, 0.3) is 0 Å². The highest BCUT2D eigenvalue weighted by Crippen LogP contribution is 2.16. The average Bonchev–Trinajstić information content (AvgIpc) is 2.35. The number of carboxylic acid groups (broad SMARTS) is 1. The number of nitrogens with two attached hydrogens (primary N) is 1. The maximum atomic E-state index is 12.4. The van der Waals surface area contributed by atoms with E-state index >= 15 is 0 Å².